The average Bonchev–Trinajstić information content (AvgIpc) is 2.52. The molecule has 5 heteroatoms. The van der Waals surface area contributed by atoms with E-state index >= 15 is 0 Å². The zero-order chi connectivity index (χ0) is 15.9. The minimum Gasteiger partial charge on any atom is -0.324 e. The fraction of sp³-hybridized carbons (Fsp3) is 0.294. The number of carbonyl (C=O) groups excluding carboxylic acids is 1. The van der Waals surface area contributed by atoms with Crippen LogP contribution in [0.1, 0.15) is 18.2 Å². The van der Waals surface area contributed by atoms with Crippen molar-refractivity contribution in [3.8, 4) is 0 Å². The van der Waals surface area contributed by atoms with E-state index in [0.717, 1.165) is 27.8 Å². The summed E-state index contributed by atoms with van der Waals surface area (Å²) in [6.07, 6.45) is 2.53. The average molecular weight is 362 g/mol. The lowest BCUT2D eigenvalue weighted by molar-refractivity contribution is 0.215. The molecule has 1 aromatic heterocycles. The van der Waals surface area contributed by atoms with E-state index in [1.165, 1.54) is 0 Å². The molecule has 1 N–H and O–H groups in total. The van der Waals surface area contributed by atoms with Gasteiger partial charge in [0.25, 0.3) is 0 Å². The number of rotatable bonds is 5. The zero-order valence-electron chi connectivity index (χ0n) is 12.8. The molecule has 0 fully saturated rings. The highest BCUT2D eigenvalue weighted by Gasteiger charge is 2.13. The Hall–Kier alpha value is -1.88. The lowest BCUT2D eigenvalue weighted by Gasteiger charge is -2.22. The van der Waals surface area contributed by atoms with Gasteiger partial charge in [-0.3, -0.25) is 4.98 Å². The standard InChI is InChI=1S/C17H20BrN3O/c1-3-21(11-9-15-6-4-5-10-19-15)17(22)20-16-8-7-14(18)12-13(16)2/h4-8,10,12H,3,9,11H2,1-2H3,(H,20,22). The second kappa shape index (κ2) is 7.94. The van der Waals surface area contributed by atoms with Crippen molar-refractivity contribution in [2.45, 2.75) is 20.3 Å². The molecule has 2 rings (SSSR count). The van der Waals surface area contributed by atoms with Gasteiger partial charge in [0.15, 0.2) is 0 Å². The van der Waals surface area contributed by atoms with E-state index < -0.39 is 0 Å². The summed E-state index contributed by atoms with van der Waals surface area (Å²) >= 11 is 3.43. The molecule has 0 aliphatic carbocycles. The van der Waals surface area contributed by atoms with Gasteiger partial charge in [0, 0.05) is 41.6 Å². The molecule has 0 saturated heterocycles. The number of nitrogens with zero attached hydrogens (tertiary/aromatic N) is 2. The Morgan fingerprint density at radius 2 is 2.14 bits per heavy atom. The summed E-state index contributed by atoms with van der Waals surface area (Å²) < 4.78 is 1.01. The van der Waals surface area contributed by atoms with E-state index in [4.69, 9.17) is 0 Å². The largest absolute Gasteiger partial charge is 0.324 e. The van der Waals surface area contributed by atoms with Crippen molar-refractivity contribution in [1.82, 2.24) is 9.88 Å². The number of carbonyl (C=O) groups is 1. The fourth-order valence-corrected chi connectivity index (χ4v) is 2.64. The Labute approximate surface area is 139 Å². The highest BCUT2D eigenvalue weighted by Crippen LogP contribution is 2.20. The molecular formula is C17H20BrN3O. The second-order valence-electron chi connectivity index (χ2n) is 5.04. The highest BCUT2D eigenvalue weighted by atomic mass is 79.9. The van der Waals surface area contributed by atoms with Crippen LogP contribution in [0.4, 0.5) is 10.5 Å². The highest BCUT2D eigenvalue weighted by molar-refractivity contribution is 9.10. The van der Waals surface area contributed by atoms with Gasteiger partial charge in [0.2, 0.25) is 0 Å². The number of likely N-dealkylation sites (N-methyl/N-ethyl adjacent to an activating group) is 1. The normalized spacial score (nSPS) is 10.3. The number of hydrogen-bond acceptors (Lipinski definition) is 2. The van der Waals surface area contributed by atoms with E-state index in [9.17, 15) is 4.79 Å². The smallest absolute Gasteiger partial charge is 0.321 e. The SMILES string of the molecule is CCN(CCc1ccccn1)C(=O)Nc1ccc(Br)cc1C. The van der Waals surface area contributed by atoms with Crippen molar-refractivity contribution in [1.29, 1.82) is 0 Å². The number of amides is 2. The van der Waals surface area contributed by atoms with Crippen LogP contribution in [0, 0.1) is 6.92 Å². The summed E-state index contributed by atoms with van der Waals surface area (Å²) in [5.74, 6) is 0. The van der Waals surface area contributed by atoms with Gasteiger partial charge in [0.1, 0.15) is 0 Å². The number of aryl methyl sites for hydroxylation is 1. The van der Waals surface area contributed by atoms with Gasteiger partial charge < -0.3 is 10.2 Å². The van der Waals surface area contributed by atoms with E-state index in [1.54, 1.807) is 11.1 Å². The number of aromatic nitrogens is 1. The molecule has 116 valence electrons. The van der Waals surface area contributed by atoms with Crippen LogP contribution in [0.25, 0.3) is 0 Å². The Morgan fingerprint density at radius 1 is 1.32 bits per heavy atom. The summed E-state index contributed by atoms with van der Waals surface area (Å²) in [4.78, 5) is 18.5. The maximum Gasteiger partial charge on any atom is 0.321 e. The predicted molar refractivity (Wildman–Crippen MR) is 93.1 cm³/mol. The Morgan fingerprint density at radius 3 is 2.77 bits per heavy atom. The quantitative estimate of drug-likeness (QED) is 0.864. The van der Waals surface area contributed by atoms with Crippen molar-refractivity contribution in [2.24, 2.45) is 0 Å². The molecule has 22 heavy (non-hydrogen) atoms. The second-order valence-corrected chi connectivity index (χ2v) is 5.96. The summed E-state index contributed by atoms with van der Waals surface area (Å²) in [7, 11) is 0. The van der Waals surface area contributed by atoms with Crippen molar-refractivity contribution < 1.29 is 4.79 Å². The molecule has 1 heterocycles. The van der Waals surface area contributed by atoms with E-state index in [-0.39, 0.29) is 6.03 Å². The van der Waals surface area contributed by atoms with Gasteiger partial charge in [-0.1, -0.05) is 22.0 Å². The van der Waals surface area contributed by atoms with Crippen molar-refractivity contribution in [3.63, 3.8) is 0 Å². The van der Waals surface area contributed by atoms with Crippen LogP contribution >= 0.6 is 15.9 Å². The number of hydrogen-bond donors (Lipinski definition) is 1. The van der Waals surface area contributed by atoms with Crippen LogP contribution in [0.3, 0.4) is 0 Å². The lowest BCUT2D eigenvalue weighted by Crippen LogP contribution is -2.36. The molecule has 2 aromatic rings. The van der Waals surface area contributed by atoms with Gasteiger partial charge in [0.05, 0.1) is 0 Å². The van der Waals surface area contributed by atoms with Gasteiger partial charge in [-0.05, 0) is 49.7 Å². The first kappa shape index (κ1) is 16.5. The molecule has 0 radical (unpaired) electrons. The Balaban J connectivity index is 1.96. The third kappa shape index (κ3) is 4.56. The predicted octanol–water partition coefficient (Wildman–Crippen LogP) is 4.25. The van der Waals surface area contributed by atoms with E-state index in [2.05, 4.69) is 26.2 Å². The van der Waals surface area contributed by atoms with E-state index in [0.29, 0.717) is 13.1 Å². The van der Waals surface area contributed by atoms with Crippen LogP contribution in [0.5, 0.6) is 0 Å². The van der Waals surface area contributed by atoms with Crippen LogP contribution in [0.15, 0.2) is 47.1 Å². The molecular weight excluding hydrogens is 342 g/mol. The molecule has 0 aliphatic heterocycles. The van der Waals surface area contributed by atoms with Crippen LogP contribution in [0.2, 0.25) is 0 Å². The number of urea groups is 1. The minimum atomic E-state index is -0.0798. The molecule has 0 unspecified atom stereocenters. The molecule has 0 atom stereocenters. The first-order valence-corrected chi connectivity index (χ1v) is 8.11. The molecule has 1 aromatic carbocycles. The van der Waals surface area contributed by atoms with Gasteiger partial charge >= 0.3 is 6.03 Å². The van der Waals surface area contributed by atoms with Crippen molar-refractivity contribution >= 4 is 27.6 Å². The van der Waals surface area contributed by atoms with Gasteiger partial charge in [-0.2, -0.15) is 0 Å². The number of halogens is 1. The molecule has 0 bridgehead atoms. The first-order valence-electron chi connectivity index (χ1n) is 7.32. The number of pyridine rings is 1. The van der Waals surface area contributed by atoms with Crippen LogP contribution in [-0.4, -0.2) is 29.0 Å². The third-order valence-corrected chi connectivity index (χ3v) is 3.96. The third-order valence-electron chi connectivity index (χ3n) is 3.46. The Bertz CT molecular complexity index is 631. The van der Waals surface area contributed by atoms with Crippen LogP contribution in [-0.2, 0) is 6.42 Å². The summed E-state index contributed by atoms with van der Waals surface area (Å²) in [5.41, 5.74) is 2.86. The van der Waals surface area contributed by atoms with E-state index in [1.807, 2.05) is 50.2 Å². The zero-order valence-corrected chi connectivity index (χ0v) is 14.4. The van der Waals surface area contributed by atoms with Crippen molar-refractivity contribution in [3.05, 3.63) is 58.3 Å². The Kier molecular flexibility index (Phi) is 5.95. The maximum absolute atomic E-state index is 12.4. The summed E-state index contributed by atoms with van der Waals surface area (Å²) in [6.45, 7) is 5.26. The van der Waals surface area contributed by atoms with Crippen molar-refractivity contribution in [2.75, 3.05) is 18.4 Å². The summed E-state index contributed by atoms with van der Waals surface area (Å²) in [6, 6.07) is 11.6. The number of nitrogens with one attached hydrogen (secondary N) is 1. The summed E-state index contributed by atoms with van der Waals surface area (Å²) in [5, 5.41) is 2.97. The van der Waals surface area contributed by atoms with Gasteiger partial charge in [-0.25, -0.2) is 4.79 Å². The first-order chi connectivity index (χ1) is 10.6. The molecule has 2 amide bonds. The van der Waals surface area contributed by atoms with Gasteiger partial charge in [-0.15, -0.1) is 0 Å². The monoisotopic (exact) mass is 361 g/mol. The molecule has 0 aliphatic rings. The molecule has 0 spiro atoms. The molecule has 4 nitrogen and oxygen atoms in total. The number of benzene rings is 1. The number of anilines is 1. The topological polar surface area (TPSA) is 45.2 Å². The van der Waals surface area contributed by atoms with Crippen LogP contribution < -0.4 is 5.32 Å². The fourth-order valence-electron chi connectivity index (χ4n) is 2.16. The maximum atomic E-state index is 12.4. The minimum absolute atomic E-state index is 0.0798. The lowest BCUT2D eigenvalue weighted by atomic mass is 10.2. The molecule has 0 saturated carbocycles.